The molecule has 1 aromatic heterocycles. The van der Waals surface area contributed by atoms with E-state index in [4.69, 9.17) is 0 Å². The Morgan fingerprint density at radius 1 is 1.37 bits per heavy atom. The standard InChI is InChI=1S/C12H16N4O2S/c17-19(18)8-5-10(9-19)13-6-7-16-12-4-2-1-3-11(12)14-15-16/h1-4,10,13H,5-9H2. The summed E-state index contributed by atoms with van der Waals surface area (Å²) in [6.07, 6.45) is 0.709. The molecule has 2 aromatic rings. The van der Waals surface area contributed by atoms with Crippen molar-refractivity contribution in [1.82, 2.24) is 20.3 Å². The number of nitrogens with one attached hydrogen (secondary N) is 1. The summed E-state index contributed by atoms with van der Waals surface area (Å²) in [7, 11) is -2.81. The molecule has 1 atom stereocenters. The van der Waals surface area contributed by atoms with Crippen LogP contribution in [0, 0.1) is 0 Å². The Kier molecular flexibility index (Phi) is 3.24. The van der Waals surface area contributed by atoms with Crippen molar-refractivity contribution >= 4 is 20.9 Å². The zero-order valence-electron chi connectivity index (χ0n) is 10.5. The average molecular weight is 280 g/mol. The molecule has 0 radical (unpaired) electrons. The summed E-state index contributed by atoms with van der Waals surface area (Å²) in [4.78, 5) is 0. The first-order valence-corrected chi connectivity index (χ1v) is 8.18. The number of benzene rings is 1. The minimum absolute atomic E-state index is 0.0831. The highest BCUT2D eigenvalue weighted by Crippen LogP contribution is 2.12. The Bertz CT molecular complexity index is 680. The van der Waals surface area contributed by atoms with Gasteiger partial charge in [0.25, 0.3) is 0 Å². The predicted molar refractivity (Wildman–Crippen MR) is 72.6 cm³/mol. The molecule has 0 amide bonds. The topological polar surface area (TPSA) is 76.9 Å². The molecule has 6 nitrogen and oxygen atoms in total. The molecule has 2 heterocycles. The van der Waals surface area contributed by atoms with Crippen molar-refractivity contribution in [2.45, 2.75) is 19.0 Å². The lowest BCUT2D eigenvalue weighted by molar-refractivity contribution is 0.499. The first-order valence-electron chi connectivity index (χ1n) is 6.36. The fourth-order valence-electron chi connectivity index (χ4n) is 2.41. The van der Waals surface area contributed by atoms with Gasteiger partial charge in [0.15, 0.2) is 9.84 Å². The first-order chi connectivity index (χ1) is 9.14. The third-order valence-electron chi connectivity index (χ3n) is 3.41. The van der Waals surface area contributed by atoms with Gasteiger partial charge in [-0.25, -0.2) is 13.1 Å². The fourth-order valence-corrected chi connectivity index (χ4v) is 4.12. The van der Waals surface area contributed by atoms with E-state index in [-0.39, 0.29) is 11.8 Å². The molecule has 1 N–H and O–H groups in total. The molecular formula is C12H16N4O2S. The van der Waals surface area contributed by atoms with Crippen LogP contribution in [0.2, 0.25) is 0 Å². The number of hydrogen-bond acceptors (Lipinski definition) is 5. The summed E-state index contributed by atoms with van der Waals surface area (Å²) in [5.41, 5.74) is 1.88. The molecule has 102 valence electrons. The molecule has 1 fully saturated rings. The largest absolute Gasteiger partial charge is 0.311 e. The number of fused-ring (bicyclic) bond motifs is 1. The maximum Gasteiger partial charge on any atom is 0.151 e. The molecule has 3 rings (SSSR count). The molecule has 7 heteroatoms. The Balaban J connectivity index is 1.58. The Morgan fingerprint density at radius 2 is 2.21 bits per heavy atom. The van der Waals surface area contributed by atoms with Gasteiger partial charge in [0.1, 0.15) is 5.52 Å². The molecule has 1 aliphatic heterocycles. The van der Waals surface area contributed by atoms with Crippen molar-refractivity contribution in [3.63, 3.8) is 0 Å². The number of rotatable bonds is 4. The van der Waals surface area contributed by atoms with Crippen LogP contribution in [0.25, 0.3) is 11.0 Å². The average Bonchev–Trinajstić information content (AvgIpc) is 2.94. The van der Waals surface area contributed by atoms with E-state index in [0.29, 0.717) is 25.3 Å². The second-order valence-electron chi connectivity index (χ2n) is 4.86. The number of sulfone groups is 1. The van der Waals surface area contributed by atoms with Crippen molar-refractivity contribution in [2.24, 2.45) is 0 Å². The minimum Gasteiger partial charge on any atom is -0.311 e. The van der Waals surface area contributed by atoms with Crippen LogP contribution in [0.15, 0.2) is 24.3 Å². The minimum atomic E-state index is -2.81. The fraction of sp³-hybridized carbons (Fsp3) is 0.500. The molecule has 1 aromatic carbocycles. The lowest BCUT2D eigenvalue weighted by Crippen LogP contribution is -2.32. The summed E-state index contributed by atoms with van der Waals surface area (Å²) in [5, 5.41) is 11.5. The van der Waals surface area contributed by atoms with Crippen LogP contribution in [-0.2, 0) is 16.4 Å². The predicted octanol–water partition coefficient (Wildman–Crippen LogP) is 0.208. The highest BCUT2D eigenvalue weighted by atomic mass is 32.2. The van der Waals surface area contributed by atoms with E-state index in [2.05, 4.69) is 15.6 Å². The van der Waals surface area contributed by atoms with Gasteiger partial charge in [0.2, 0.25) is 0 Å². The quantitative estimate of drug-likeness (QED) is 0.866. The summed E-state index contributed by atoms with van der Waals surface area (Å²) in [6, 6.07) is 7.88. The first kappa shape index (κ1) is 12.6. The van der Waals surface area contributed by atoms with Crippen LogP contribution in [0.5, 0.6) is 0 Å². The molecule has 1 unspecified atom stereocenters. The molecule has 0 spiro atoms. The third-order valence-corrected chi connectivity index (χ3v) is 5.18. The monoisotopic (exact) mass is 280 g/mol. The van der Waals surface area contributed by atoms with Crippen LogP contribution >= 0.6 is 0 Å². The van der Waals surface area contributed by atoms with Crippen LogP contribution in [0.1, 0.15) is 6.42 Å². The van der Waals surface area contributed by atoms with Crippen LogP contribution in [0.3, 0.4) is 0 Å². The van der Waals surface area contributed by atoms with Crippen molar-refractivity contribution in [1.29, 1.82) is 0 Å². The highest BCUT2D eigenvalue weighted by molar-refractivity contribution is 7.91. The molecule has 19 heavy (non-hydrogen) atoms. The molecule has 0 aliphatic carbocycles. The number of hydrogen-bond donors (Lipinski definition) is 1. The van der Waals surface area contributed by atoms with Gasteiger partial charge in [-0.15, -0.1) is 5.10 Å². The van der Waals surface area contributed by atoms with Gasteiger partial charge in [-0.1, -0.05) is 17.3 Å². The lowest BCUT2D eigenvalue weighted by Gasteiger charge is -2.10. The maximum atomic E-state index is 11.3. The van der Waals surface area contributed by atoms with E-state index in [1.54, 1.807) is 0 Å². The summed E-state index contributed by atoms with van der Waals surface area (Å²) >= 11 is 0. The summed E-state index contributed by atoms with van der Waals surface area (Å²) in [6.45, 7) is 1.39. The summed E-state index contributed by atoms with van der Waals surface area (Å²) < 4.78 is 24.5. The van der Waals surface area contributed by atoms with Gasteiger partial charge in [-0.05, 0) is 18.6 Å². The molecule has 1 aliphatic rings. The number of para-hydroxylation sites is 1. The number of aromatic nitrogens is 3. The van der Waals surface area contributed by atoms with Crippen molar-refractivity contribution < 1.29 is 8.42 Å². The van der Waals surface area contributed by atoms with E-state index in [1.807, 2.05) is 28.9 Å². The second kappa shape index (κ2) is 4.90. The molecule has 0 bridgehead atoms. The Labute approximate surface area is 111 Å². The van der Waals surface area contributed by atoms with Gasteiger partial charge in [-0.2, -0.15) is 0 Å². The Hall–Kier alpha value is -1.47. The zero-order valence-corrected chi connectivity index (χ0v) is 11.3. The normalized spacial score (nSPS) is 22.0. The summed E-state index contributed by atoms with van der Waals surface area (Å²) in [5.74, 6) is 0.558. The van der Waals surface area contributed by atoms with Gasteiger partial charge in [0, 0.05) is 12.6 Å². The van der Waals surface area contributed by atoms with Crippen molar-refractivity contribution in [2.75, 3.05) is 18.1 Å². The van der Waals surface area contributed by atoms with Gasteiger partial charge >= 0.3 is 0 Å². The smallest absolute Gasteiger partial charge is 0.151 e. The second-order valence-corrected chi connectivity index (χ2v) is 7.08. The SMILES string of the molecule is O=S1(=O)CCC(NCCn2nnc3ccccc32)C1. The highest BCUT2D eigenvalue weighted by Gasteiger charge is 2.27. The van der Waals surface area contributed by atoms with Crippen LogP contribution < -0.4 is 5.32 Å². The van der Waals surface area contributed by atoms with Gasteiger partial charge < -0.3 is 5.32 Å². The molecular weight excluding hydrogens is 264 g/mol. The van der Waals surface area contributed by atoms with Crippen LogP contribution in [0.4, 0.5) is 0 Å². The van der Waals surface area contributed by atoms with E-state index < -0.39 is 9.84 Å². The molecule has 1 saturated heterocycles. The van der Waals surface area contributed by atoms with E-state index in [0.717, 1.165) is 11.0 Å². The maximum absolute atomic E-state index is 11.3. The van der Waals surface area contributed by atoms with E-state index in [1.165, 1.54) is 0 Å². The van der Waals surface area contributed by atoms with Crippen LogP contribution in [-0.4, -0.2) is 47.5 Å². The lowest BCUT2D eigenvalue weighted by atomic mass is 10.2. The zero-order chi connectivity index (χ0) is 13.3. The Morgan fingerprint density at radius 3 is 3.00 bits per heavy atom. The van der Waals surface area contributed by atoms with Gasteiger partial charge in [-0.3, -0.25) is 0 Å². The van der Waals surface area contributed by atoms with E-state index in [9.17, 15) is 8.42 Å². The van der Waals surface area contributed by atoms with E-state index >= 15 is 0 Å². The van der Waals surface area contributed by atoms with Gasteiger partial charge in [0.05, 0.1) is 23.6 Å². The number of nitrogens with zero attached hydrogens (tertiary/aromatic N) is 3. The molecule has 0 saturated carbocycles. The van der Waals surface area contributed by atoms with Crippen molar-refractivity contribution in [3.05, 3.63) is 24.3 Å². The third kappa shape index (κ3) is 2.76. The van der Waals surface area contributed by atoms with Crippen molar-refractivity contribution in [3.8, 4) is 0 Å².